The number of carbonyl (C=O) groups excluding carboxylic acids is 3. The van der Waals surface area contributed by atoms with E-state index >= 15 is 0 Å². The van der Waals surface area contributed by atoms with E-state index in [0.717, 1.165) is 37.1 Å². The minimum Gasteiger partial charge on any atom is -0.356 e. The third-order valence-electron chi connectivity index (χ3n) is 3.14. The molecule has 0 spiro atoms. The van der Waals surface area contributed by atoms with Gasteiger partial charge in [0, 0.05) is 31.7 Å². The molecule has 3 amide bonds. The molecule has 0 unspecified atom stereocenters. The molecule has 0 atom stereocenters. The SMILES string of the molecule is CNCCCCCCNC(=O)CCN1C(=O)C=CC1=O. The van der Waals surface area contributed by atoms with Gasteiger partial charge >= 0.3 is 0 Å². The van der Waals surface area contributed by atoms with Crippen LogP contribution in [0.15, 0.2) is 12.2 Å². The van der Waals surface area contributed by atoms with E-state index < -0.39 is 0 Å². The van der Waals surface area contributed by atoms with Crippen molar-refractivity contribution in [2.24, 2.45) is 0 Å². The van der Waals surface area contributed by atoms with Gasteiger partial charge in [0.15, 0.2) is 0 Å². The van der Waals surface area contributed by atoms with E-state index in [4.69, 9.17) is 0 Å². The Morgan fingerprint density at radius 1 is 1.05 bits per heavy atom. The smallest absolute Gasteiger partial charge is 0.253 e. The number of hydrogen-bond acceptors (Lipinski definition) is 4. The van der Waals surface area contributed by atoms with Gasteiger partial charge < -0.3 is 10.6 Å². The molecule has 112 valence electrons. The number of rotatable bonds is 10. The third kappa shape index (κ3) is 5.97. The molecule has 6 nitrogen and oxygen atoms in total. The molecule has 0 aromatic rings. The molecule has 0 saturated carbocycles. The van der Waals surface area contributed by atoms with Gasteiger partial charge in [0.1, 0.15) is 0 Å². The minimum absolute atomic E-state index is 0.118. The third-order valence-corrected chi connectivity index (χ3v) is 3.14. The first-order valence-electron chi connectivity index (χ1n) is 7.10. The molecule has 20 heavy (non-hydrogen) atoms. The fraction of sp³-hybridized carbons (Fsp3) is 0.643. The summed E-state index contributed by atoms with van der Waals surface area (Å²) in [4.78, 5) is 35.2. The Morgan fingerprint density at radius 3 is 2.25 bits per heavy atom. The maximum absolute atomic E-state index is 11.6. The molecule has 0 aromatic carbocycles. The van der Waals surface area contributed by atoms with Gasteiger partial charge in [0.05, 0.1) is 0 Å². The number of hydrogen-bond donors (Lipinski definition) is 2. The molecule has 0 aromatic heterocycles. The average Bonchev–Trinajstić information content (AvgIpc) is 2.75. The number of unbranched alkanes of at least 4 members (excludes halogenated alkanes) is 3. The van der Waals surface area contributed by atoms with Crippen molar-refractivity contribution in [2.45, 2.75) is 32.1 Å². The van der Waals surface area contributed by atoms with Crippen LogP contribution < -0.4 is 10.6 Å². The summed E-state index contributed by atoms with van der Waals surface area (Å²) in [6.07, 6.45) is 6.97. The minimum atomic E-state index is -0.340. The highest BCUT2D eigenvalue weighted by Gasteiger charge is 2.23. The molecule has 2 N–H and O–H groups in total. The predicted octanol–water partition coefficient (Wildman–Crippen LogP) is 0.198. The second kappa shape index (κ2) is 9.25. The Bertz CT molecular complexity index is 362. The van der Waals surface area contributed by atoms with Gasteiger partial charge in [0.25, 0.3) is 11.8 Å². The largest absolute Gasteiger partial charge is 0.356 e. The van der Waals surface area contributed by atoms with E-state index in [9.17, 15) is 14.4 Å². The molecule has 0 radical (unpaired) electrons. The lowest BCUT2D eigenvalue weighted by Gasteiger charge is -2.13. The maximum atomic E-state index is 11.6. The van der Waals surface area contributed by atoms with E-state index in [-0.39, 0.29) is 30.7 Å². The van der Waals surface area contributed by atoms with Crippen molar-refractivity contribution in [3.8, 4) is 0 Å². The fourth-order valence-corrected chi connectivity index (χ4v) is 1.96. The number of amides is 3. The number of nitrogens with zero attached hydrogens (tertiary/aromatic N) is 1. The second-order valence-electron chi connectivity index (χ2n) is 4.78. The normalized spacial score (nSPS) is 14.2. The summed E-state index contributed by atoms with van der Waals surface area (Å²) < 4.78 is 0. The molecule has 1 aliphatic heterocycles. The Balaban J connectivity index is 2.01. The summed E-state index contributed by atoms with van der Waals surface area (Å²) in [6, 6.07) is 0. The summed E-state index contributed by atoms with van der Waals surface area (Å²) in [7, 11) is 1.94. The van der Waals surface area contributed by atoms with Crippen LogP contribution in [0, 0.1) is 0 Å². The number of imide groups is 1. The molecule has 1 heterocycles. The zero-order chi connectivity index (χ0) is 14.8. The molecule has 0 aliphatic carbocycles. The van der Waals surface area contributed by atoms with Gasteiger partial charge in [-0.15, -0.1) is 0 Å². The van der Waals surface area contributed by atoms with E-state index in [2.05, 4.69) is 10.6 Å². The quantitative estimate of drug-likeness (QED) is 0.443. The van der Waals surface area contributed by atoms with Crippen LogP contribution in [-0.2, 0) is 14.4 Å². The van der Waals surface area contributed by atoms with E-state index in [1.165, 1.54) is 12.2 Å². The van der Waals surface area contributed by atoms with Crippen LogP contribution >= 0.6 is 0 Å². The molecule has 1 rings (SSSR count). The first-order valence-corrected chi connectivity index (χ1v) is 7.10. The van der Waals surface area contributed by atoms with Gasteiger partial charge in [-0.3, -0.25) is 19.3 Å². The van der Waals surface area contributed by atoms with Crippen LogP contribution in [0.4, 0.5) is 0 Å². The van der Waals surface area contributed by atoms with E-state index in [1.807, 2.05) is 7.05 Å². The van der Waals surface area contributed by atoms with Gasteiger partial charge in [-0.1, -0.05) is 12.8 Å². The Labute approximate surface area is 119 Å². The van der Waals surface area contributed by atoms with Crippen molar-refractivity contribution < 1.29 is 14.4 Å². The molecule has 0 saturated heterocycles. The topological polar surface area (TPSA) is 78.5 Å². The number of carbonyl (C=O) groups is 3. The van der Waals surface area contributed by atoms with Gasteiger partial charge in [0.2, 0.25) is 5.91 Å². The summed E-state index contributed by atoms with van der Waals surface area (Å²) in [5.41, 5.74) is 0. The molecular weight excluding hydrogens is 258 g/mol. The highest BCUT2D eigenvalue weighted by molar-refractivity contribution is 6.13. The lowest BCUT2D eigenvalue weighted by atomic mass is 10.2. The highest BCUT2D eigenvalue weighted by Crippen LogP contribution is 2.04. The van der Waals surface area contributed by atoms with Crippen LogP contribution in [-0.4, -0.2) is 49.3 Å². The Kier molecular flexibility index (Phi) is 7.57. The first kappa shape index (κ1) is 16.4. The standard InChI is InChI=1S/C14H23N3O3/c1-15-9-4-2-3-5-10-16-12(18)8-11-17-13(19)6-7-14(17)20/h6-7,15H,2-5,8-11H2,1H3,(H,16,18). The predicted molar refractivity (Wildman–Crippen MR) is 75.9 cm³/mol. The molecule has 0 bridgehead atoms. The summed E-state index contributed by atoms with van der Waals surface area (Å²) in [5, 5.41) is 5.90. The van der Waals surface area contributed by atoms with Crippen LogP contribution in [0.2, 0.25) is 0 Å². The zero-order valence-electron chi connectivity index (χ0n) is 12.0. The number of nitrogens with one attached hydrogen (secondary N) is 2. The molecule has 1 aliphatic rings. The van der Waals surface area contributed by atoms with Gasteiger partial charge in [-0.2, -0.15) is 0 Å². The van der Waals surface area contributed by atoms with Crippen LogP contribution in [0.25, 0.3) is 0 Å². The summed E-state index contributed by atoms with van der Waals surface area (Å²) in [5.74, 6) is -0.799. The molecule has 0 fully saturated rings. The van der Waals surface area contributed by atoms with Crippen molar-refractivity contribution in [2.75, 3.05) is 26.7 Å². The summed E-state index contributed by atoms with van der Waals surface area (Å²) in [6.45, 7) is 1.83. The first-order chi connectivity index (χ1) is 9.65. The zero-order valence-corrected chi connectivity index (χ0v) is 12.0. The van der Waals surface area contributed by atoms with Gasteiger partial charge in [-0.05, 0) is 26.4 Å². The monoisotopic (exact) mass is 281 g/mol. The molecule has 6 heteroatoms. The van der Waals surface area contributed by atoms with Crippen molar-refractivity contribution in [1.82, 2.24) is 15.5 Å². The lowest BCUT2D eigenvalue weighted by Crippen LogP contribution is -2.34. The van der Waals surface area contributed by atoms with Crippen molar-refractivity contribution in [3.05, 3.63) is 12.2 Å². The Morgan fingerprint density at radius 2 is 1.65 bits per heavy atom. The van der Waals surface area contributed by atoms with E-state index in [0.29, 0.717) is 6.54 Å². The fourth-order valence-electron chi connectivity index (χ4n) is 1.96. The highest BCUT2D eigenvalue weighted by atomic mass is 16.2. The van der Waals surface area contributed by atoms with Crippen molar-refractivity contribution >= 4 is 17.7 Å². The Hall–Kier alpha value is -1.69. The average molecular weight is 281 g/mol. The van der Waals surface area contributed by atoms with Crippen LogP contribution in [0.3, 0.4) is 0 Å². The second-order valence-corrected chi connectivity index (χ2v) is 4.78. The van der Waals surface area contributed by atoms with Crippen LogP contribution in [0.5, 0.6) is 0 Å². The summed E-state index contributed by atoms with van der Waals surface area (Å²) >= 11 is 0. The van der Waals surface area contributed by atoms with Crippen molar-refractivity contribution in [3.63, 3.8) is 0 Å². The van der Waals surface area contributed by atoms with Gasteiger partial charge in [-0.25, -0.2) is 0 Å². The maximum Gasteiger partial charge on any atom is 0.253 e. The van der Waals surface area contributed by atoms with E-state index in [1.54, 1.807) is 0 Å². The van der Waals surface area contributed by atoms with Crippen LogP contribution in [0.1, 0.15) is 32.1 Å². The molecular formula is C14H23N3O3. The lowest BCUT2D eigenvalue weighted by molar-refractivity contribution is -0.137. The van der Waals surface area contributed by atoms with Crippen molar-refractivity contribution in [1.29, 1.82) is 0 Å².